The Morgan fingerprint density at radius 1 is 1.16 bits per heavy atom. The minimum absolute atomic E-state index is 0.366. The highest BCUT2D eigenvalue weighted by molar-refractivity contribution is 9.11. The van der Waals surface area contributed by atoms with Crippen LogP contribution in [-0.4, -0.2) is 5.11 Å². The summed E-state index contributed by atoms with van der Waals surface area (Å²) in [5.74, 6) is -1.44. The number of alkyl halides is 3. The Kier molecular flexibility index (Phi) is 3.98. The van der Waals surface area contributed by atoms with Gasteiger partial charge < -0.3 is 5.11 Å². The minimum atomic E-state index is -4.78. The summed E-state index contributed by atoms with van der Waals surface area (Å²) in [5.41, 5.74) is -1.76. The molecule has 1 nitrogen and oxygen atoms in total. The van der Waals surface area contributed by atoms with E-state index in [9.17, 15) is 22.7 Å². The summed E-state index contributed by atoms with van der Waals surface area (Å²) >= 11 is 4.30. The Bertz CT molecular complexity index is 594. The van der Waals surface area contributed by atoms with E-state index in [2.05, 4.69) is 15.9 Å². The fourth-order valence-electron chi connectivity index (χ4n) is 1.61. The molecule has 2 aromatic rings. The molecule has 1 heterocycles. The molecule has 0 spiro atoms. The van der Waals surface area contributed by atoms with Crippen molar-refractivity contribution >= 4 is 27.3 Å². The van der Waals surface area contributed by atoms with Crippen molar-refractivity contribution in [3.05, 3.63) is 55.9 Å². The first-order valence-electron chi connectivity index (χ1n) is 5.09. The van der Waals surface area contributed by atoms with E-state index in [-0.39, 0.29) is 5.56 Å². The molecule has 0 saturated heterocycles. The van der Waals surface area contributed by atoms with Gasteiger partial charge >= 0.3 is 6.18 Å². The number of thiophene rings is 1. The van der Waals surface area contributed by atoms with Crippen molar-refractivity contribution in [3.63, 3.8) is 0 Å². The van der Waals surface area contributed by atoms with Gasteiger partial charge in [-0.25, -0.2) is 4.39 Å². The molecule has 0 radical (unpaired) electrons. The second-order valence-electron chi connectivity index (χ2n) is 3.75. The van der Waals surface area contributed by atoms with Crippen LogP contribution in [0.4, 0.5) is 17.6 Å². The van der Waals surface area contributed by atoms with E-state index in [4.69, 9.17) is 0 Å². The predicted octanol–water partition coefficient (Wildman–Crippen LogP) is 4.75. The lowest BCUT2D eigenvalue weighted by Crippen LogP contribution is -2.11. The van der Waals surface area contributed by atoms with Crippen LogP contribution in [-0.2, 0) is 6.18 Å². The molecule has 0 aliphatic carbocycles. The number of hydrogen-bond donors (Lipinski definition) is 1. The van der Waals surface area contributed by atoms with Crippen molar-refractivity contribution in [3.8, 4) is 0 Å². The Morgan fingerprint density at radius 3 is 2.37 bits per heavy atom. The number of aliphatic hydroxyl groups is 1. The highest BCUT2D eigenvalue weighted by Gasteiger charge is 2.35. The summed E-state index contributed by atoms with van der Waals surface area (Å²) in [4.78, 5) is 0.366. The standard InChI is InChI=1S/C12H7BrF4OS/c13-9-5-4-8(19-9)11(18)6-2-1-3-7(10(6)14)12(15,16)17/h1-5,11,18H. The molecule has 0 amide bonds. The molecule has 1 aromatic heterocycles. The first kappa shape index (κ1) is 14.5. The van der Waals surface area contributed by atoms with Gasteiger partial charge in [-0.15, -0.1) is 11.3 Å². The van der Waals surface area contributed by atoms with Crippen LogP contribution >= 0.6 is 27.3 Å². The molecule has 7 heteroatoms. The summed E-state index contributed by atoms with van der Waals surface area (Å²) in [5, 5.41) is 9.96. The summed E-state index contributed by atoms with van der Waals surface area (Å²) in [6, 6.07) is 6.03. The maximum Gasteiger partial charge on any atom is 0.419 e. The predicted molar refractivity (Wildman–Crippen MR) is 67.5 cm³/mol. The molecule has 102 valence electrons. The van der Waals surface area contributed by atoms with E-state index in [1.54, 1.807) is 6.07 Å². The zero-order chi connectivity index (χ0) is 14.2. The SMILES string of the molecule is OC(c1ccc(Br)s1)c1cccc(C(F)(F)F)c1F. The van der Waals surface area contributed by atoms with Gasteiger partial charge in [0, 0.05) is 10.4 Å². The van der Waals surface area contributed by atoms with Gasteiger partial charge in [-0.3, -0.25) is 0 Å². The lowest BCUT2D eigenvalue weighted by molar-refractivity contribution is -0.140. The summed E-state index contributed by atoms with van der Waals surface area (Å²) in [6.45, 7) is 0. The zero-order valence-electron chi connectivity index (χ0n) is 9.21. The van der Waals surface area contributed by atoms with Crippen LogP contribution in [0.15, 0.2) is 34.1 Å². The lowest BCUT2D eigenvalue weighted by atomic mass is 10.0. The number of halogens is 5. The van der Waals surface area contributed by atoms with Crippen LogP contribution in [0.25, 0.3) is 0 Å². The van der Waals surface area contributed by atoms with Gasteiger partial charge in [0.2, 0.25) is 0 Å². The Balaban J connectivity index is 2.46. The fraction of sp³-hybridized carbons (Fsp3) is 0.167. The van der Waals surface area contributed by atoms with Crippen LogP contribution in [0.5, 0.6) is 0 Å². The molecular weight excluding hydrogens is 348 g/mol. The van der Waals surface area contributed by atoms with Crippen LogP contribution in [0.2, 0.25) is 0 Å². The highest BCUT2D eigenvalue weighted by Crippen LogP contribution is 2.37. The molecule has 1 atom stereocenters. The summed E-state index contributed by atoms with van der Waals surface area (Å²) in [7, 11) is 0. The number of benzene rings is 1. The van der Waals surface area contributed by atoms with E-state index < -0.39 is 23.7 Å². The number of rotatable bonds is 2. The molecule has 1 aromatic carbocycles. The zero-order valence-corrected chi connectivity index (χ0v) is 11.6. The fourth-order valence-corrected chi connectivity index (χ4v) is 3.04. The first-order valence-corrected chi connectivity index (χ1v) is 6.70. The van der Waals surface area contributed by atoms with E-state index in [1.165, 1.54) is 6.07 Å². The van der Waals surface area contributed by atoms with Crippen LogP contribution in [0.3, 0.4) is 0 Å². The number of hydrogen-bond acceptors (Lipinski definition) is 2. The topological polar surface area (TPSA) is 20.2 Å². The van der Waals surface area contributed by atoms with Crippen molar-refractivity contribution in [1.82, 2.24) is 0 Å². The highest BCUT2D eigenvalue weighted by atomic mass is 79.9. The third kappa shape index (κ3) is 2.98. The molecule has 2 rings (SSSR count). The molecule has 0 aliphatic rings. The van der Waals surface area contributed by atoms with Crippen molar-refractivity contribution in [2.24, 2.45) is 0 Å². The Labute approximate surface area is 118 Å². The summed E-state index contributed by atoms with van der Waals surface area (Å²) < 4.78 is 52.2. The third-order valence-corrected chi connectivity index (χ3v) is 4.17. The maximum atomic E-state index is 13.8. The monoisotopic (exact) mass is 354 g/mol. The van der Waals surface area contributed by atoms with Gasteiger partial charge in [-0.2, -0.15) is 13.2 Å². The van der Waals surface area contributed by atoms with Crippen molar-refractivity contribution in [2.75, 3.05) is 0 Å². The van der Waals surface area contributed by atoms with Gasteiger partial charge in [0.05, 0.1) is 9.35 Å². The minimum Gasteiger partial charge on any atom is -0.383 e. The van der Waals surface area contributed by atoms with Crippen molar-refractivity contribution in [1.29, 1.82) is 0 Å². The van der Waals surface area contributed by atoms with Gasteiger partial charge in [0.15, 0.2) is 0 Å². The molecule has 1 unspecified atom stereocenters. The lowest BCUT2D eigenvalue weighted by Gasteiger charge is -2.14. The van der Waals surface area contributed by atoms with Gasteiger partial charge in [-0.05, 0) is 34.1 Å². The van der Waals surface area contributed by atoms with E-state index in [0.717, 1.165) is 23.5 Å². The second-order valence-corrected chi connectivity index (χ2v) is 6.25. The van der Waals surface area contributed by atoms with Crippen molar-refractivity contribution < 1.29 is 22.7 Å². The third-order valence-electron chi connectivity index (χ3n) is 2.49. The normalized spacial score (nSPS) is 13.6. The second kappa shape index (κ2) is 5.22. The molecule has 1 N–H and O–H groups in total. The smallest absolute Gasteiger partial charge is 0.383 e. The van der Waals surface area contributed by atoms with Gasteiger partial charge in [0.1, 0.15) is 11.9 Å². The number of aliphatic hydroxyl groups excluding tert-OH is 1. The van der Waals surface area contributed by atoms with Crippen LogP contribution < -0.4 is 0 Å². The van der Waals surface area contributed by atoms with E-state index >= 15 is 0 Å². The van der Waals surface area contributed by atoms with E-state index in [1.807, 2.05) is 0 Å². The van der Waals surface area contributed by atoms with Crippen molar-refractivity contribution in [2.45, 2.75) is 12.3 Å². The average Bonchev–Trinajstić information content (AvgIpc) is 2.74. The Morgan fingerprint density at radius 2 is 1.84 bits per heavy atom. The largest absolute Gasteiger partial charge is 0.419 e. The summed E-state index contributed by atoms with van der Waals surface area (Å²) in [6.07, 6.45) is -6.20. The van der Waals surface area contributed by atoms with Crippen LogP contribution in [0.1, 0.15) is 22.1 Å². The quantitative estimate of drug-likeness (QED) is 0.771. The first-order chi connectivity index (χ1) is 8.80. The average molecular weight is 355 g/mol. The molecule has 0 aliphatic heterocycles. The van der Waals surface area contributed by atoms with Crippen LogP contribution in [0, 0.1) is 5.82 Å². The van der Waals surface area contributed by atoms with Gasteiger partial charge in [0.25, 0.3) is 0 Å². The molecule has 0 fully saturated rings. The molecule has 19 heavy (non-hydrogen) atoms. The molecular formula is C12H7BrF4OS. The van der Waals surface area contributed by atoms with Gasteiger partial charge in [-0.1, -0.05) is 12.1 Å². The maximum absolute atomic E-state index is 13.8. The Hall–Kier alpha value is -0.920. The van der Waals surface area contributed by atoms with E-state index in [0.29, 0.717) is 14.7 Å². The molecule has 0 saturated carbocycles. The molecule has 0 bridgehead atoms.